The third-order valence-corrected chi connectivity index (χ3v) is 3.68. The molecule has 0 aliphatic heterocycles. The molecular weight excluding hydrogens is 268 g/mol. The molecule has 0 fully saturated rings. The van der Waals surface area contributed by atoms with Crippen molar-refractivity contribution in [3.8, 4) is 0 Å². The maximum absolute atomic E-state index is 12.0. The van der Waals surface area contributed by atoms with Crippen molar-refractivity contribution in [2.45, 2.75) is 18.4 Å². The van der Waals surface area contributed by atoms with Crippen molar-refractivity contribution >= 4 is 16.0 Å². The summed E-state index contributed by atoms with van der Waals surface area (Å²) in [6, 6.07) is 1.69. The fourth-order valence-corrected chi connectivity index (χ4v) is 2.27. The van der Waals surface area contributed by atoms with E-state index in [-0.39, 0.29) is 11.4 Å². The number of hydrogen-bond acceptors (Lipinski definition) is 6. The van der Waals surface area contributed by atoms with Gasteiger partial charge in [0.15, 0.2) is 0 Å². The summed E-state index contributed by atoms with van der Waals surface area (Å²) in [6.45, 7) is 2.74. The maximum Gasteiger partial charge on any atom is 0.243 e. The molecule has 2 N–H and O–H groups in total. The van der Waals surface area contributed by atoms with E-state index in [0.29, 0.717) is 12.5 Å². The van der Waals surface area contributed by atoms with Crippen LogP contribution in [0.3, 0.4) is 0 Å². The average Bonchev–Trinajstić information content (AvgIpc) is 2.91. The molecule has 0 atom stereocenters. The molecule has 19 heavy (non-hydrogen) atoms. The molecule has 0 saturated heterocycles. The first kappa shape index (κ1) is 13.5. The van der Waals surface area contributed by atoms with Crippen LogP contribution in [0.15, 0.2) is 40.3 Å². The smallest absolute Gasteiger partial charge is 0.243 e. The highest BCUT2D eigenvalue weighted by Gasteiger charge is 2.15. The van der Waals surface area contributed by atoms with Crippen LogP contribution in [0.1, 0.15) is 12.5 Å². The zero-order valence-electron chi connectivity index (χ0n) is 10.3. The van der Waals surface area contributed by atoms with Gasteiger partial charge in [-0.2, -0.15) is 0 Å². The first-order valence-corrected chi connectivity index (χ1v) is 7.17. The Morgan fingerprint density at radius 3 is 2.63 bits per heavy atom. The topological polar surface area (TPSA) is 97.1 Å². The van der Waals surface area contributed by atoms with E-state index in [1.54, 1.807) is 6.07 Å². The molecule has 7 nitrogen and oxygen atoms in total. The summed E-state index contributed by atoms with van der Waals surface area (Å²) >= 11 is 0. The van der Waals surface area contributed by atoms with E-state index >= 15 is 0 Å². The van der Waals surface area contributed by atoms with E-state index in [2.05, 4.69) is 20.0 Å². The second-order valence-electron chi connectivity index (χ2n) is 3.73. The lowest BCUT2D eigenvalue weighted by Gasteiger charge is -2.06. The lowest BCUT2D eigenvalue weighted by molar-refractivity contribution is 0.561. The Morgan fingerprint density at radius 2 is 2.05 bits per heavy atom. The Kier molecular flexibility index (Phi) is 4.13. The summed E-state index contributed by atoms with van der Waals surface area (Å²) in [4.78, 5) is 7.87. The second-order valence-corrected chi connectivity index (χ2v) is 5.50. The van der Waals surface area contributed by atoms with E-state index in [4.69, 9.17) is 4.42 Å². The Morgan fingerprint density at radius 1 is 1.32 bits per heavy atom. The molecule has 2 heterocycles. The van der Waals surface area contributed by atoms with Gasteiger partial charge in [-0.1, -0.05) is 0 Å². The summed E-state index contributed by atoms with van der Waals surface area (Å²) < 4.78 is 31.2. The largest absolute Gasteiger partial charge is 0.472 e. The molecule has 0 radical (unpaired) electrons. The number of aromatic nitrogens is 2. The van der Waals surface area contributed by atoms with Crippen LogP contribution in [0.4, 0.5) is 5.95 Å². The molecule has 0 aliphatic carbocycles. The van der Waals surface area contributed by atoms with Crippen LogP contribution in [-0.4, -0.2) is 24.9 Å². The van der Waals surface area contributed by atoms with Gasteiger partial charge in [0.05, 0.1) is 24.9 Å². The normalized spacial score (nSPS) is 11.4. The molecule has 2 aromatic heterocycles. The number of rotatable bonds is 6. The van der Waals surface area contributed by atoms with E-state index in [1.165, 1.54) is 24.9 Å². The monoisotopic (exact) mass is 282 g/mol. The Bertz CT molecular complexity index is 608. The van der Waals surface area contributed by atoms with Gasteiger partial charge in [-0.05, 0) is 13.0 Å². The van der Waals surface area contributed by atoms with Crippen LogP contribution in [0.2, 0.25) is 0 Å². The Hall–Kier alpha value is -1.93. The molecule has 0 aromatic carbocycles. The van der Waals surface area contributed by atoms with Crippen molar-refractivity contribution in [3.63, 3.8) is 0 Å². The number of anilines is 1. The molecule has 102 valence electrons. The fraction of sp³-hybridized carbons (Fsp3) is 0.273. The maximum atomic E-state index is 12.0. The molecule has 0 aliphatic rings. The minimum atomic E-state index is -3.61. The van der Waals surface area contributed by atoms with Crippen LogP contribution >= 0.6 is 0 Å². The van der Waals surface area contributed by atoms with Crippen molar-refractivity contribution in [3.05, 3.63) is 36.5 Å². The SMILES string of the molecule is CCNc1ncc(S(=O)(=O)NCc2ccoc2)cn1. The first-order valence-electron chi connectivity index (χ1n) is 5.68. The Labute approximate surface area is 111 Å². The van der Waals surface area contributed by atoms with Crippen LogP contribution in [0.25, 0.3) is 0 Å². The zero-order chi connectivity index (χ0) is 13.7. The Balaban J connectivity index is 2.06. The summed E-state index contributed by atoms with van der Waals surface area (Å²) in [6.07, 6.45) is 5.50. The van der Waals surface area contributed by atoms with E-state index < -0.39 is 10.0 Å². The highest BCUT2D eigenvalue weighted by atomic mass is 32.2. The van der Waals surface area contributed by atoms with Crippen LogP contribution in [-0.2, 0) is 16.6 Å². The molecule has 0 amide bonds. The lowest BCUT2D eigenvalue weighted by atomic mass is 10.4. The van der Waals surface area contributed by atoms with Crippen LogP contribution < -0.4 is 10.0 Å². The van der Waals surface area contributed by atoms with Gasteiger partial charge < -0.3 is 9.73 Å². The number of nitrogens with one attached hydrogen (secondary N) is 2. The molecule has 0 saturated carbocycles. The summed E-state index contributed by atoms with van der Waals surface area (Å²) in [5.41, 5.74) is 0.744. The van der Waals surface area contributed by atoms with Gasteiger partial charge >= 0.3 is 0 Å². The van der Waals surface area contributed by atoms with Crippen molar-refractivity contribution < 1.29 is 12.8 Å². The first-order chi connectivity index (χ1) is 9.12. The van der Waals surface area contributed by atoms with Crippen molar-refractivity contribution in [1.82, 2.24) is 14.7 Å². The molecule has 2 aromatic rings. The zero-order valence-corrected chi connectivity index (χ0v) is 11.1. The predicted molar refractivity (Wildman–Crippen MR) is 68.9 cm³/mol. The molecular formula is C11H14N4O3S. The van der Waals surface area contributed by atoms with Crippen molar-refractivity contribution in [1.29, 1.82) is 0 Å². The van der Waals surface area contributed by atoms with Gasteiger partial charge in [0.2, 0.25) is 16.0 Å². The van der Waals surface area contributed by atoms with Gasteiger partial charge in [0, 0.05) is 18.7 Å². The predicted octanol–water partition coefficient (Wildman–Crippen LogP) is 0.980. The minimum absolute atomic E-state index is 0.0256. The van der Waals surface area contributed by atoms with E-state index in [9.17, 15) is 8.42 Å². The van der Waals surface area contributed by atoms with Gasteiger partial charge in [-0.25, -0.2) is 23.1 Å². The van der Waals surface area contributed by atoms with E-state index in [0.717, 1.165) is 5.56 Å². The standard InChI is InChI=1S/C11H14N4O3S/c1-2-12-11-13-6-10(7-14-11)19(16,17)15-5-9-3-4-18-8-9/h3-4,6-8,15H,2,5H2,1H3,(H,12,13,14). The van der Waals surface area contributed by atoms with Crippen LogP contribution in [0.5, 0.6) is 0 Å². The third kappa shape index (κ3) is 3.52. The summed E-state index contributed by atoms with van der Waals surface area (Å²) in [7, 11) is -3.61. The number of hydrogen-bond donors (Lipinski definition) is 2. The quantitative estimate of drug-likeness (QED) is 0.819. The van der Waals surface area contributed by atoms with Gasteiger partial charge in [-0.15, -0.1) is 0 Å². The molecule has 8 heteroatoms. The van der Waals surface area contributed by atoms with Crippen LogP contribution in [0, 0.1) is 0 Å². The summed E-state index contributed by atoms with van der Waals surface area (Å²) in [5, 5.41) is 2.89. The van der Waals surface area contributed by atoms with Gasteiger partial charge in [-0.3, -0.25) is 0 Å². The lowest BCUT2D eigenvalue weighted by Crippen LogP contribution is -2.23. The highest BCUT2D eigenvalue weighted by molar-refractivity contribution is 7.89. The summed E-state index contributed by atoms with van der Waals surface area (Å²) in [5.74, 6) is 0.399. The minimum Gasteiger partial charge on any atom is -0.472 e. The number of nitrogens with zero attached hydrogens (tertiary/aromatic N) is 2. The van der Waals surface area contributed by atoms with Crippen molar-refractivity contribution in [2.24, 2.45) is 0 Å². The molecule has 0 unspecified atom stereocenters. The van der Waals surface area contributed by atoms with E-state index in [1.807, 2.05) is 6.92 Å². The molecule has 2 rings (SSSR count). The average molecular weight is 282 g/mol. The number of furan rings is 1. The highest BCUT2D eigenvalue weighted by Crippen LogP contribution is 2.08. The number of sulfonamides is 1. The fourth-order valence-electron chi connectivity index (χ4n) is 1.36. The molecule has 0 bridgehead atoms. The van der Waals surface area contributed by atoms with Gasteiger partial charge in [0.25, 0.3) is 0 Å². The molecule has 0 spiro atoms. The second kappa shape index (κ2) is 5.81. The van der Waals surface area contributed by atoms with Gasteiger partial charge in [0.1, 0.15) is 4.90 Å². The van der Waals surface area contributed by atoms with Crippen molar-refractivity contribution in [2.75, 3.05) is 11.9 Å². The third-order valence-electron chi connectivity index (χ3n) is 2.32.